The van der Waals surface area contributed by atoms with Gasteiger partial charge in [0.15, 0.2) is 0 Å². The summed E-state index contributed by atoms with van der Waals surface area (Å²) in [7, 11) is 0. The first-order chi connectivity index (χ1) is 7.70. The standard InChI is InChI=1S/C13H14BrNO/c14-12-7-10(2-1-5-16)6-11(8-12)13(9-15)3-4-13/h6-8,16H,1-5H2. The number of aryl methyl sites for hydroxylation is 1. The Kier molecular flexibility index (Phi) is 3.32. The van der Waals surface area contributed by atoms with Crippen molar-refractivity contribution in [2.24, 2.45) is 0 Å². The predicted octanol–water partition coefficient (Wildman–Crippen LogP) is 2.93. The van der Waals surface area contributed by atoms with Crippen LogP contribution in [0.3, 0.4) is 0 Å². The van der Waals surface area contributed by atoms with Crippen molar-refractivity contribution in [2.75, 3.05) is 6.61 Å². The fourth-order valence-corrected chi connectivity index (χ4v) is 2.48. The third-order valence-electron chi connectivity index (χ3n) is 3.10. The number of aliphatic hydroxyl groups is 1. The molecule has 0 radical (unpaired) electrons. The van der Waals surface area contributed by atoms with E-state index in [1.54, 1.807) is 0 Å². The van der Waals surface area contributed by atoms with Crippen molar-refractivity contribution >= 4 is 15.9 Å². The number of halogens is 1. The molecule has 1 aromatic rings. The molecule has 0 amide bonds. The molecule has 0 heterocycles. The molecule has 0 atom stereocenters. The molecule has 0 aliphatic heterocycles. The van der Waals surface area contributed by atoms with Crippen LogP contribution in [0.15, 0.2) is 22.7 Å². The van der Waals surface area contributed by atoms with Gasteiger partial charge in [0, 0.05) is 11.1 Å². The number of benzene rings is 1. The number of nitriles is 1. The van der Waals surface area contributed by atoms with Crippen molar-refractivity contribution in [2.45, 2.75) is 31.1 Å². The molecule has 0 aromatic heterocycles. The number of rotatable bonds is 4. The molecule has 2 nitrogen and oxygen atoms in total. The molecule has 0 bridgehead atoms. The maximum Gasteiger partial charge on any atom is 0.0824 e. The Hall–Kier alpha value is -0.850. The van der Waals surface area contributed by atoms with Gasteiger partial charge in [-0.05, 0) is 48.9 Å². The van der Waals surface area contributed by atoms with Gasteiger partial charge in [0.05, 0.1) is 11.5 Å². The molecule has 1 fully saturated rings. The van der Waals surface area contributed by atoms with Crippen molar-refractivity contribution in [3.63, 3.8) is 0 Å². The van der Waals surface area contributed by atoms with Crippen molar-refractivity contribution in [1.29, 1.82) is 5.26 Å². The maximum atomic E-state index is 9.16. The molecule has 84 valence electrons. The van der Waals surface area contributed by atoms with E-state index in [0.29, 0.717) is 0 Å². The number of nitrogens with zero attached hydrogens (tertiary/aromatic N) is 1. The molecule has 3 heteroatoms. The first-order valence-corrected chi connectivity index (χ1v) is 6.31. The molecule has 1 aromatic carbocycles. The fourth-order valence-electron chi connectivity index (χ4n) is 1.94. The zero-order valence-electron chi connectivity index (χ0n) is 9.04. The van der Waals surface area contributed by atoms with Gasteiger partial charge >= 0.3 is 0 Å². The Bertz CT molecular complexity index is 432. The van der Waals surface area contributed by atoms with Crippen LogP contribution in [0.4, 0.5) is 0 Å². The molecule has 1 aliphatic carbocycles. The minimum Gasteiger partial charge on any atom is -0.396 e. The van der Waals surface area contributed by atoms with E-state index < -0.39 is 0 Å². The molecule has 1 aliphatic rings. The zero-order valence-corrected chi connectivity index (χ0v) is 10.6. The second-order valence-electron chi connectivity index (χ2n) is 4.37. The summed E-state index contributed by atoms with van der Waals surface area (Å²) >= 11 is 3.48. The summed E-state index contributed by atoms with van der Waals surface area (Å²) in [6.45, 7) is 0.214. The zero-order chi connectivity index (χ0) is 11.6. The van der Waals surface area contributed by atoms with Crippen LogP contribution in [0.2, 0.25) is 0 Å². The predicted molar refractivity (Wildman–Crippen MR) is 66.1 cm³/mol. The van der Waals surface area contributed by atoms with Crippen LogP contribution in [0.5, 0.6) is 0 Å². The van der Waals surface area contributed by atoms with Gasteiger partial charge in [-0.3, -0.25) is 0 Å². The molecular weight excluding hydrogens is 266 g/mol. The minimum atomic E-state index is -0.224. The second kappa shape index (κ2) is 4.57. The van der Waals surface area contributed by atoms with Gasteiger partial charge < -0.3 is 5.11 Å². The van der Waals surface area contributed by atoms with Crippen molar-refractivity contribution < 1.29 is 5.11 Å². The normalized spacial score (nSPS) is 16.8. The van der Waals surface area contributed by atoms with Gasteiger partial charge in [-0.2, -0.15) is 5.26 Å². The topological polar surface area (TPSA) is 44.0 Å². The minimum absolute atomic E-state index is 0.214. The van der Waals surface area contributed by atoms with E-state index in [0.717, 1.165) is 35.7 Å². The summed E-state index contributed by atoms with van der Waals surface area (Å²) in [6, 6.07) is 8.62. The van der Waals surface area contributed by atoms with Crippen LogP contribution in [0.25, 0.3) is 0 Å². The van der Waals surface area contributed by atoms with E-state index in [4.69, 9.17) is 10.4 Å². The van der Waals surface area contributed by atoms with Gasteiger partial charge in [-0.15, -0.1) is 0 Å². The van der Waals surface area contributed by atoms with Gasteiger partial charge in [0.2, 0.25) is 0 Å². The first kappa shape index (κ1) is 11.6. The van der Waals surface area contributed by atoms with Crippen LogP contribution in [0, 0.1) is 11.3 Å². The highest BCUT2D eigenvalue weighted by Crippen LogP contribution is 2.48. The molecule has 0 saturated heterocycles. The average Bonchev–Trinajstić information content (AvgIpc) is 3.06. The van der Waals surface area contributed by atoms with Gasteiger partial charge in [-0.1, -0.05) is 22.0 Å². The molecule has 16 heavy (non-hydrogen) atoms. The average molecular weight is 280 g/mol. The van der Waals surface area contributed by atoms with Crippen LogP contribution in [0.1, 0.15) is 30.4 Å². The third-order valence-corrected chi connectivity index (χ3v) is 3.56. The van der Waals surface area contributed by atoms with E-state index in [1.807, 2.05) is 6.07 Å². The molecular formula is C13H14BrNO. The lowest BCUT2D eigenvalue weighted by atomic mass is 9.95. The summed E-state index contributed by atoms with van der Waals surface area (Å²) in [6.07, 6.45) is 3.58. The number of hydrogen-bond donors (Lipinski definition) is 1. The van der Waals surface area contributed by atoms with E-state index in [9.17, 15) is 0 Å². The van der Waals surface area contributed by atoms with Crippen molar-refractivity contribution in [3.05, 3.63) is 33.8 Å². The summed E-state index contributed by atoms with van der Waals surface area (Å²) in [4.78, 5) is 0. The van der Waals surface area contributed by atoms with E-state index >= 15 is 0 Å². The summed E-state index contributed by atoms with van der Waals surface area (Å²) in [5, 5.41) is 18.0. The Morgan fingerprint density at radius 3 is 2.69 bits per heavy atom. The van der Waals surface area contributed by atoms with Crippen molar-refractivity contribution in [3.8, 4) is 6.07 Å². The van der Waals surface area contributed by atoms with Gasteiger partial charge in [-0.25, -0.2) is 0 Å². The van der Waals surface area contributed by atoms with Crippen LogP contribution in [-0.2, 0) is 11.8 Å². The number of hydrogen-bond acceptors (Lipinski definition) is 2. The fraction of sp³-hybridized carbons (Fsp3) is 0.462. The summed E-state index contributed by atoms with van der Waals surface area (Å²) < 4.78 is 1.03. The lowest BCUT2D eigenvalue weighted by Gasteiger charge is -2.10. The Balaban J connectivity index is 2.26. The summed E-state index contributed by atoms with van der Waals surface area (Å²) in [5.41, 5.74) is 2.09. The van der Waals surface area contributed by atoms with Crippen LogP contribution >= 0.6 is 15.9 Å². The quantitative estimate of drug-likeness (QED) is 0.921. The maximum absolute atomic E-state index is 9.16. The SMILES string of the molecule is N#CC1(c2cc(Br)cc(CCCO)c2)CC1. The van der Waals surface area contributed by atoms with Crippen LogP contribution < -0.4 is 0 Å². The Morgan fingerprint density at radius 1 is 1.38 bits per heavy atom. The van der Waals surface area contributed by atoms with Crippen LogP contribution in [-0.4, -0.2) is 11.7 Å². The molecule has 0 spiro atoms. The smallest absolute Gasteiger partial charge is 0.0824 e. The monoisotopic (exact) mass is 279 g/mol. The first-order valence-electron chi connectivity index (χ1n) is 5.52. The molecule has 2 rings (SSSR count). The highest BCUT2D eigenvalue weighted by Gasteiger charge is 2.45. The van der Waals surface area contributed by atoms with Gasteiger partial charge in [0.25, 0.3) is 0 Å². The summed E-state index contributed by atoms with van der Waals surface area (Å²) in [5.74, 6) is 0. The third kappa shape index (κ3) is 2.28. The highest BCUT2D eigenvalue weighted by atomic mass is 79.9. The van der Waals surface area contributed by atoms with E-state index in [-0.39, 0.29) is 12.0 Å². The second-order valence-corrected chi connectivity index (χ2v) is 5.28. The lowest BCUT2D eigenvalue weighted by Crippen LogP contribution is -2.03. The Morgan fingerprint density at radius 2 is 2.12 bits per heavy atom. The largest absolute Gasteiger partial charge is 0.396 e. The Labute approximate surface area is 104 Å². The molecule has 1 N–H and O–H groups in total. The van der Waals surface area contributed by atoms with E-state index in [2.05, 4.69) is 34.1 Å². The van der Waals surface area contributed by atoms with Gasteiger partial charge in [0.1, 0.15) is 0 Å². The number of aliphatic hydroxyl groups excluding tert-OH is 1. The van der Waals surface area contributed by atoms with E-state index in [1.165, 1.54) is 5.56 Å². The van der Waals surface area contributed by atoms with Crippen molar-refractivity contribution in [1.82, 2.24) is 0 Å². The lowest BCUT2D eigenvalue weighted by molar-refractivity contribution is 0.288. The highest BCUT2D eigenvalue weighted by molar-refractivity contribution is 9.10. The molecule has 0 unspecified atom stereocenters. The molecule has 1 saturated carbocycles.